The van der Waals surface area contributed by atoms with Crippen LogP contribution in [0, 0.1) is 0 Å². The predicted molar refractivity (Wildman–Crippen MR) is 125 cm³/mol. The SMILES string of the molecule is COc1ccc(C(=O)N2CCCC(C(N)=O)(c3ccccn3)C2)cc1NCc1ccncc1. The monoisotopic (exact) mass is 445 g/mol. The zero-order chi connectivity index (χ0) is 23.3. The van der Waals surface area contributed by atoms with Crippen LogP contribution >= 0.6 is 0 Å². The molecule has 170 valence electrons. The first-order valence-electron chi connectivity index (χ1n) is 10.8. The van der Waals surface area contributed by atoms with Gasteiger partial charge in [-0.3, -0.25) is 19.6 Å². The van der Waals surface area contributed by atoms with E-state index in [1.165, 1.54) is 0 Å². The molecule has 2 aromatic heterocycles. The van der Waals surface area contributed by atoms with Gasteiger partial charge < -0.3 is 20.7 Å². The van der Waals surface area contributed by atoms with E-state index in [1.54, 1.807) is 60.9 Å². The molecule has 0 saturated carbocycles. The summed E-state index contributed by atoms with van der Waals surface area (Å²) in [4.78, 5) is 36.1. The minimum absolute atomic E-state index is 0.161. The maximum Gasteiger partial charge on any atom is 0.253 e. The molecular formula is C25H27N5O3. The number of nitrogens with two attached hydrogens (primary N) is 1. The number of carbonyl (C=O) groups excluding carboxylic acids is 2. The third-order valence-electron chi connectivity index (χ3n) is 6.09. The first-order chi connectivity index (χ1) is 16.0. The number of aromatic nitrogens is 2. The highest BCUT2D eigenvalue weighted by Gasteiger charge is 2.44. The van der Waals surface area contributed by atoms with Crippen LogP contribution in [0.4, 0.5) is 5.69 Å². The molecule has 4 rings (SSSR count). The van der Waals surface area contributed by atoms with Crippen molar-refractivity contribution in [1.29, 1.82) is 0 Å². The summed E-state index contributed by atoms with van der Waals surface area (Å²) in [6.45, 7) is 1.31. The average molecular weight is 446 g/mol. The second-order valence-electron chi connectivity index (χ2n) is 8.12. The second-order valence-corrected chi connectivity index (χ2v) is 8.12. The van der Waals surface area contributed by atoms with Crippen molar-refractivity contribution in [2.75, 3.05) is 25.5 Å². The number of likely N-dealkylation sites (tertiary alicyclic amines) is 1. The molecule has 8 nitrogen and oxygen atoms in total. The maximum atomic E-state index is 13.4. The molecule has 0 aliphatic carbocycles. The van der Waals surface area contributed by atoms with Crippen LogP contribution in [-0.2, 0) is 16.8 Å². The Morgan fingerprint density at radius 2 is 1.97 bits per heavy atom. The van der Waals surface area contributed by atoms with Gasteiger partial charge in [0.15, 0.2) is 0 Å². The average Bonchev–Trinajstić information content (AvgIpc) is 2.88. The number of benzene rings is 1. The topological polar surface area (TPSA) is 110 Å². The van der Waals surface area contributed by atoms with Crippen molar-refractivity contribution < 1.29 is 14.3 Å². The van der Waals surface area contributed by atoms with E-state index in [2.05, 4.69) is 15.3 Å². The molecule has 3 aromatic rings. The predicted octanol–water partition coefficient (Wildman–Crippen LogP) is 2.76. The third-order valence-corrected chi connectivity index (χ3v) is 6.09. The van der Waals surface area contributed by atoms with Crippen LogP contribution in [0.15, 0.2) is 67.1 Å². The van der Waals surface area contributed by atoms with Crippen molar-refractivity contribution >= 4 is 17.5 Å². The summed E-state index contributed by atoms with van der Waals surface area (Å²) in [5, 5.41) is 3.33. The Labute approximate surface area is 192 Å². The van der Waals surface area contributed by atoms with Crippen LogP contribution in [0.25, 0.3) is 0 Å². The first kappa shape index (κ1) is 22.3. The number of ether oxygens (including phenoxy) is 1. The van der Waals surface area contributed by atoms with Crippen molar-refractivity contribution in [3.63, 3.8) is 0 Å². The summed E-state index contributed by atoms with van der Waals surface area (Å²) < 4.78 is 5.47. The Bertz CT molecular complexity index is 1120. The lowest BCUT2D eigenvalue weighted by Gasteiger charge is -2.40. The summed E-state index contributed by atoms with van der Waals surface area (Å²) in [5.41, 5.74) is 7.73. The Balaban J connectivity index is 1.57. The van der Waals surface area contributed by atoms with Crippen LogP contribution < -0.4 is 15.8 Å². The summed E-state index contributed by atoms with van der Waals surface area (Å²) in [5.74, 6) is 0.0122. The molecule has 8 heteroatoms. The molecule has 3 heterocycles. The molecule has 0 spiro atoms. The van der Waals surface area contributed by atoms with E-state index in [-0.39, 0.29) is 12.5 Å². The lowest BCUT2D eigenvalue weighted by molar-refractivity contribution is -0.125. The Kier molecular flexibility index (Phi) is 6.53. The number of hydrogen-bond donors (Lipinski definition) is 2. The number of pyridine rings is 2. The fourth-order valence-corrected chi connectivity index (χ4v) is 4.27. The van der Waals surface area contributed by atoms with E-state index < -0.39 is 11.3 Å². The molecule has 1 aromatic carbocycles. The highest BCUT2D eigenvalue weighted by molar-refractivity contribution is 5.97. The van der Waals surface area contributed by atoms with E-state index in [0.717, 1.165) is 5.56 Å². The number of hydrogen-bond acceptors (Lipinski definition) is 6. The Hall–Kier alpha value is -3.94. The molecule has 1 aliphatic heterocycles. The van der Waals surface area contributed by atoms with Gasteiger partial charge in [0, 0.05) is 43.8 Å². The van der Waals surface area contributed by atoms with Crippen LogP contribution in [0.3, 0.4) is 0 Å². The number of anilines is 1. The minimum atomic E-state index is -0.996. The van der Waals surface area contributed by atoms with Crippen LogP contribution in [0.5, 0.6) is 5.75 Å². The summed E-state index contributed by atoms with van der Waals surface area (Å²) >= 11 is 0. The number of carbonyl (C=O) groups is 2. The Morgan fingerprint density at radius 1 is 1.15 bits per heavy atom. The normalized spacial score (nSPS) is 17.9. The van der Waals surface area contributed by atoms with Crippen molar-refractivity contribution in [2.24, 2.45) is 5.73 Å². The molecule has 1 aliphatic rings. The van der Waals surface area contributed by atoms with Gasteiger partial charge in [0.05, 0.1) is 18.5 Å². The van der Waals surface area contributed by atoms with E-state index in [1.807, 2.05) is 18.2 Å². The van der Waals surface area contributed by atoms with Gasteiger partial charge in [-0.2, -0.15) is 0 Å². The number of amides is 2. The van der Waals surface area contributed by atoms with Crippen molar-refractivity contribution in [3.8, 4) is 5.75 Å². The lowest BCUT2D eigenvalue weighted by Crippen LogP contribution is -2.55. The molecule has 1 atom stereocenters. The fraction of sp³-hybridized carbons (Fsp3) is 0.280. The van der Waals surface area contributed by atoms with E-state index >= 15 is 0 Å². The van der Waals surface area contributed by atoms with Crippen LogP contribution in [0.2, 0.25) is 0 Å². The molecule has 3 N–H and O–H groups in total. The van der Waals surface area contributed by atoms with E-state index in [0.29, 0.717) is 48.6 Å². The minimum Gasteiger partial charge on any atom is -0.495 e. The zero-order valence-corrected chi connectivity index (χ0v) is 18.5. The highest BCUT2D eigenvalue weighted by atomic mass is 16.5. The van der Waals surface area contributed by atoms with Crippen molar-refractivity contribution in [3.05, 3.63) is 83.9 Å². The molecule has 0 radical (unpaired) electrons. The van der Waals surface area contributed by atoms with Crippen molar-refractivity contribution in [2.45, 2.75) is 24.8 Å². The largest absolute Gasteiger partial charge is 0.495 e. The summed E-state index contributed by atoms with van der Waals surface area (Å²) in [7, 11) is 1.59. The van der Waals surface area contributed by atoms with E-state index in [4.69, 9.17) is 10.5 Å². The second kappa shape index (κ2) is 9.68. The number of nitrogens with one attached hydrogen (secondary N) is 1. The summed E-state index contributed by atoms with van der Waals surface area (Å²) in [6.07, 6.45) is 6.33. The van der Waals surface area contributed by atoms with Gasteiger partial charge in [0.2, 0.25) is 5.91 Å². The molecule has 0 bridgehead atoms. The third kappa shape index (κ3) is 4.64. The number of nitrogens with zero attached hydrogens (tertiary/aromatic N) is 3. The number of piperidine rings is 1. The molecule has 1 saturated heterocycles. The number of primary amides is 1. The van der Waals surface area contributed by atoms with E-state index in [9.17, 15) is 9.59 Å². The van der Waals surface area contributed by atoms with Crippen LogP contribution in [0.1, 0.15) is 34.5 Å². The van der Waals surface area contributed by atoms with Crippen LogP contribution in [-0.4, -0.2) is 46.9 Å². The zero-order valence-electron chi connectivity index (χ0n) is 18.5. The van der Waals surface area contributed by atoms with Gasteiger partial charge in [-0.05, 0) is 60.9 Å². The van der Waals surface area contributed by atoms with Gasteiger partial charge in [-0.1, -0.05) is 6.07 Å². The number of methoxy groups -OCH3 is 1. The van der Waals surface area contributed by atoms with Gasteiger partial charge in [-0.25, -0.2) is 0 Å². The Morgan fingerprint density at radius 3 is 2.67 bits per heavy atom. The van der Waals surface area contributed by atoms with Gasteiger partial charge in [0.1, 0.15) is 11.2 Å². The smallest absolute Gasteiger partial charge is 0.253 e. The maximum absolute atomic E-state index is 13.4. The molecule has 1 unspecified atom stereocenters. The fourth-order valence-electron chi connectivity index (χ4n) is 4.27. The van der Waals surface area contributed by atoms with Gasteiger partial charge in [0.25, 0.3) is 5.91 Å². The molecule has 2 amide bonds. The van der Waals surface area contributed by atoms with Gasteiger partial charge >= 0.3 is 0 Å². The lowest BCUT2D eigenvalue weighted by atomic mass is 9.76. The highest BCUT2D eigenvalue weighted by Crippen LogP contribution is 2.34. The standard InChI is InChI=1S/C25H27N5O3/c1-33-21-7-6-19(15-20(21)29-16-18-8-12-27-13-9-18)23(31)30-14-4-10-25(17-30,24(26)32)22-5-2-3-11-28-22/h2-3,5-9,11-13,15,29H,4,10,14,16-17H2,1H3,(H2,26,32). The first-order valence-corrected chi connectivity index (χ1v) is 10.8. The van der Waals surface area contributed by atoms with Crippen molar-refractivity contribution in [1.82, 2.24) is 14.9 Å². The number of rotatable bonds is 7. The molecule has 1 fully saturated rings. The molecular weight excluding hydrogens is 418 g/mol. The summed E-state index contributed by atoms with van der Waals surface area (Å²) in [6, 6.07) is 14.6. The molecule has 33 heavy (non-hydrogen) atoms. The van der Waals surface area contributed by atoms with Gasteiger partial charge in [-0.15, -0.1) is 0 Å². The quantitative estimate of drug-likeness (QED) is 0.579.